The molecule has 4 N–H and O–H groups in total. The first-order valence-electron chi connectivity index (χ1n) is 5.41. The van der Waals surface area contributed by atoms with Gasteiger partial charge in [-0.15, -0.1) is 0 Å². The van der Waals surface area contributed by atoms with Gasteiger partial charge in [0.2, 0.25) is 0 Å². The molecule has 1 heterocycles. The molecule has 0 spiro atoms. The zero-order valence-corrected chi connectivity index (χ0v) is 12.2. The van der Waals surface area contributed by atoms with Crippen molar-refractivity contribution in [1.29, 1.82) is 0 Å². The largest absolute Gasteiger partial charge is 0.318 e. The number of pyridine rings is 1. The molecule has 104 valence electrons. The van der Waals surface area contributed by atoms with Gasteiger partial charge in [-0.1, -0.05) is 40.9 Å². The number of hydrazine groups is 1. The van der Waals surface area contributed by atoms with Gasteiger partial charge in [-0.3, -0.25) is 4.79 Å². The summed E-state index contributed by atoms with van der Waals surface area (Å²) in [5.41, 5.74) is 2.80. The van der Waals surface area contributed by atoms with E-state index >= 15 is 0 Å². The zero-order valence-electron chi connectivity index (χ0n) is 9.95. The number of halogens is 3. The van der Waals surface area contributed by atoms with Gasteiger partial charge >= 0.3 is 0 Å². The van der Waals surface area contributed by atoms with Crippen LogP contribution in [0.4, 0.5) is 11.5 Å². The predicted molar refractivity (Wildman–Crippen MR) is 81.5 cm³/mol. The van der Waals surface area contributed by atoms with Crippen molar-refractivity contribution in [1.82, 2.24) is 4.98 Å². The van der Waals surface area contributed by atoms with Crippen molar-refractivity contribution in [2.75, 3.05) is 10.7 Å². The van der Waals surface area contributed by atoms with Gasteiger partial charge in [-0.05, 0) is 24.3 Å². The molecule has 0 fully saturated rings. The highest BCUT2D eigenvalue weighted by Gasteiger charge is 2.14. The number of nitrogens with two attached hydrogens (primary N) is 1. The van der Waals surface area contributed by atoms with Gasteiger partial charge in [-0.25, -0.2) is 10.8 Å². The highest BCUT2D eigenvalue weighted by molar-refractivity contribution is 6.42. The number of nitrogen functional groups attached to an aromatic ring is 1. The van der Waals surface area contributed by atoms with Crippen LogP contribution < -0.4 is 16.6 Å². The van der Waals surface area contributed by atoms with Crippen LogP contribution in [-0.2, 0) is 0 Å². The molecule has 0 saturated heterocycles. The third-order valence-electron chi connectivity index (χ3n) is 2.38. The van der Waals surface area contributed by atoms with Crippen LogP contribution in [0.3, 0.4) is 0 Å². The molecule has 1 amide bonds. The summed E-state index contributed by atoms with van der Waals surface area (Å²) < 4.78 is 0. The molecule has 2 aromatic rings. The lowest BCUT2D eigenvalue weighted by Gasteiger charge is -2.10. The monoisotopic (exact) mass is 330 g/mol. The summed E-state index contributed by atoms with van der Waals surface area (Å²) in [5.74, 6) is 5.14. The average molecular weight is 332 g/mol. The van der Waals surface area contributed by atoms with Crippen molar-refractivity contribution in [3.63, 3.8) is 0 Å². The standard InChI is InChI=1S/C12H9Cl3N4O/c13-6-4-7(14)11(8(15)5-6)18-12(20)9-2-1-3-10(17-9)19-16/h1-5H,16H2,(H,17,19)(H,18,20). The first-order valence-corrected chi connectivity index (χ1v) is 6.54. The van der Waals surface area contributed by atoms with Gasteiger partial charge in [0.25, 0.3) is 5.91 Å². The van der Waals surface area contributed by atoms with Crippen LogP contribution in [0.1, 0.15) is 10.5 Å². The second-order valence-electron chi connectivity index (χ2n) is 3.75. The minimum Gasteiger partial charge on any atom is -0.318 e. The molecular formula is C12H9Cl3N4O. The Kier molecular flexibility index (Phi) is 4.67. The van der Waals surface area contributed by atoms with Crippen LogP contribution >= 0.6 is 34.8 Å². The lowest BCUT2D eigenvalue weighted by atomic mass is 10.3. The summed E-state index contributed by atoms with van der Waals surface area (Å²) in [6.07, 6.45) is 0. The minimum absolute atomic E-state index is 0.169. The maximum atomic E-state index is 12.1. The van der Waals surface area contributed by atoms with Crippen LogP contribution in [0.25, 0.3) is 0 Å². The van der Waals surface area contributed by atoms with Gasteiger partial charge in [0.05, 0.1) is 15.7 Å². The second kappa shape index (κ2) is 6.28. The third-order valence-corrected chi connectivity index (χ3v) is 3.19. The fourth-order valence-corrected chi connectivity index (χ4v) is 2.39. The molecule has 5 nitrogen and oxygen atoms in total. The summed E-state index contributed by atoms with van der Waals surface area (Å²) in [4.78, 5) is 16.1. The van der Waals surface area contributed by atoms with E-state index in [0.717, 1.165) is 0 Å². The Hall–Kier alpha value is -1.53. The third kappa shape index (κ3) is 3.32. The van der Waals surface area contributed by atoms with Crippen LogP contribution in [0.5, 0.6) is 0 Å². The molecule has 0 radical (unpaired) electrons. The molecule has 2 rings (SSSR count). The first-order chi connectivity index (χ1) is 9.51. The first kappa shape index (κ1) is 14.9. The second-order valence-corrected chi connectivity index (χ2v) is 5.00. The maximum Gasteiger partial charge on any atom is 0.274 e. The highest BCUT2D eigenvalue weighted by Crippen LogP contribution is 2.33. The number of benzene rings is 1. The molecule has 0 aliphatic rings. The molecule has 1 aromatic heterocycles. The summed E-state index contributed by atoms with van der Waals surface area (Å²) >= 11 is 17.8. The smallest absolute Gasteiger partial charge is 0.274 e. The van der Waals surface area contributed by atoms with Gasteiger partial charge in [0.15, 0.2) is 0 Å². The summed E-state index contributed by atoms with van der Waals surface area (Å²) in [6, 6.07) is 7.76. The SMILES string of the molecule is NNc1cccc(C(=O)Nc2c(Cl)cc(Cl)cc2Cl)n1. The van der Waals surface area contributed by atoms with Crippen molar-refractivity contribution in [2.45, 2.75) is 0 Å². The van der Waals surface area contributed by atoms with Crippen LogP contribution in [0, 0.1) is 0 Å². The Balaban J connectivity index is 2.28. The molecule has 0 unspecified atom stereocenters. The van der Waals surface area contributed by atoms with E-state index in [9.17, 15) is 4.79 Å². The Bertz CT molecular complexity index is 640. The Morgan fingerprint density at radius 2 is 1.80 bits per heavy atom. The lowest BCUT2D eigenvalue weighted by Crippen LogP contribution is -2.16. The normalized spacial score (nSPS) is 10.2. The molecule has 0 aliphatic carbocycles. The van der Waals surface area contributed by atoms with Gasteiger partial charge in [-0.2, -0.15) is 0 Å². The number of nitrogens with zero attached hydrogens (tertiary/aromatic N) is 1. The fraction of sp³-hybridized carbons (Fsp3) is 0. The van der Waals surface area contributed by atoms with E-state index in [1.807, 2.05) is 0 Å². The van der Waals surface area contributed by atoms with Gasteiger partial charge < -0.3 is 10.7 Å². The Labute approximate surface area is 130 Å². The van der Waals surface area contributed by atoms with Crippen LogP contribution in [-0.4, -0.2) is 10.9 Å². The maximum absolute atomic E-state index is 12.1. The van der Waals surface area contributed by atoms with Gasteiger partial charge in [0, 0.05) is 5.02 Å². The average Bonchev–Trinajstić information content (AvgIpc) is 2.42. The number of carbonyl (C=O) groups excluding carboxylic acids is 1. The Morgan fingerprint density at radius 3 is 2.40 bits per heavy atom. The predicted octanol–water partition coefficient (Wildman–Crippen LogP) is 3.58. The Morgan fingerprint density at radius 1 is 1.15 bits per heavy atom. The molecule has 0 bridgehead atoms. The quantitative estimate of drug-likeness (QED) is 0.593. The number of carbonyl (C=O) groups is 1. The van der Waals surface area contributed by atoms with Gasteiger partial charge in [0.1, 0.15) is 11.5 Å². The van der Waals surface area contributed by atoms with E-state index in [-0.39, 0.29) is 21.4 Å². The fourth-order valence-electron chi connectivity index (χ4n) is 1.48. The van der Waals surface area contributed by atoms with Crippen LogP contribution in [0.15, 0.2) is 30.3 Å². The number of anilines is 2. The highest BCUT2D eigenvalue weighted by atomic mass is 35.5. The van der Waals surface area contributed by atoms with Crippen LogP contribution in [0.2, 0.25) is 15.1 Å². The minimum atomic E-state index is -0.465. The number of aromatic nitrogens is 1. The topological polar surface area (TPSA) is 80.0 Å². The molecule has 8 heteroatoms. The molecule has 0 aliphatic heterocycles. The van der Waals surface area contributed by atoms with E-state index in [1.165, 1.54) is 18.2 Å². The van der Waals surface area contributed by atoms with E-state index in [1.54, 1.807) is 12.1 Å². The van der Waals surface area contributed by atoms with Crippen molar-refractivity contribution in [2.24, 2.45) is 5.84 Å². The van der Waals surface area contributed by atoms with E-state index in [2.05, 4.69) is 15.7 Å². The van der Waals surface area contributed by atoms with E-state index in [4.69, 9.17) is 40.6 Å². The molecule has 1 aromatic carbocycles. The van der Waals surface area contributed by atoms with Crippen molar-refractivity contribution < 1.29 is 4.79 Å². The number of hydrogen-bond acceptors (Lipinski definition) is 4. The summed E-state index contributed by atoms with van der Waals surface area (Å²) in [6.45, 7) is 0. The van der Waals surface area contributed by atoms with Crippen molar-refractivity contribution in [3.05, 3.63) is 51.1 Å². The molecule has 20 heavy (non-hydrogen) atoms. The van der Waals surface area contributed by atoms with E-state index < -0.39 is 5.91 Å². The molecular weight excluding hydrogens is 323 g/mol. The number of nitrogens with one attached hydrogen (secondary N) is 2. The summed E-state index contributed by atoms with van der Waals surface area (Å²) in [7, 11) is 0. The number of rotatable bonds is 3. The lowest BCUT2D eigenvalue weighted by molar-refractivity contribution is 0.102. The molecule has 0 saturated carbocycles. The molecule has 0 atom stereocenters. The van der Waals surface area contributed by atoms with Crippen molar-refractivity contribution in [3.8, 4) is 0 Å². The zero-order chi connectivity index (χ0) is 14.7. The van der Waals surface area contributed by atoms with E-state index in [0.29, 0.717) is 10.8 Å². The van der Waals surface area contributed by atoms with Crippen molar-refractivity contribution >= 4 is 52.2 Å². The number of hydrogen-bond donors (Lipinski definition) is 3. The number of amides is 1. The summed E-state index contributed by atoms with van der Waals surface area (Å²) in [5, 5.41) is 3.44.